The Hall–Kier alpha value is -1.56. The molecule has 0 aliphatic carbocycles. The lowest BCUT2D eigenvalue weighted by molar-refractivity contribution is 0.000617. The largest absolute Gasteiger partial charge is 0.490 e. The lowest BCUT2D eigenvalue weighted by Gasteiger charge is -2.25. The maximum absolute atomic E-state index is 5.66. The van der Waals surface area contributed by atoms with E-state index in [1.54, 1.807) is 7.11 Å². The number of nitrogens with zero attached hydrogens (tertiary/aromatic N) is 2. The molecule has 0 saturated heterocycles. The van der Waals surface area contributed by atoms with Crippen LogP contribution in [0.4, 0.5) is 11.6 Å². The molecular formula is C14H26N4O2. The Morgan fingerprint density at radius 2 is 1.80 bits per heavy atom. The second-order valence-corrected chi connectivity index (χ2v) is 5.08. The quantitative estimate of drug-likeness (QED) is 0.725. The lowest BCUT2D eigenvalue weighted by atomic mass is 10.1. The maximum Gasteiger partial charge on any atom is 0.204 e. The van der Waals surface area contributed by atoms with Gasteiger partial charge in [0, 0.05) is 19.7 Å². The molecule has 1 aromatic heterocycles. The molecule has 0 bridgehead atoms. The number of hydrogen-bond acceptors (Lipinski definition) is 6. The summed E-state index contributed by atoms with van der Waals surface area (Å²) >= 11 is 0. The van der Waals surface area contributed by atoms with Gasteiger partial charge >= 0.3 is 0 Å². The summed E-state index contributed by atoms with van der Waals surface area (Å²) < 4.78 is 11.1. The molecule has 1 heterocycles. The van der Waals surface area contributed by atoms with Gasteiger partial charge in [-0.2, -0.15) is 0 Å². The molecule has 2 N–H and O–H groups in total. The summed E-state index contributed by atoms with van der Waals surface area (Å²) in [4.78, 5) is 8.45. The number of ether oxygens (including phenoxy) is 2. The molecule has 0 unspecified atom stereocenters. The van der Waals surface area contributed by atoms with Crippen LogP contribution in [0.15, 0.2) is 6.33 Å². The van der Waals surface area contributed by atoms with E-state index in [1.165, 1.54) is 6.33 Å². The van der Waals surface area contributed by atoms with Gasteiger partial charge in [-0.15, -0.1) is 0 Å². The molecule has 6 heteroatoms. The standard InChI is InChI=1S/C14H26N4O2/c1-6-8-15-12-11(19-5)13(18-10-17-12)16-9-14(3,4)20-7-2/h10H,6-9H2,1-5H3,(H2,15,16,17,18). The van der Waals surface area contributed by atoms with Crippen LogP contribution < -0.4 is 15.4 Å². The molecule has 0 fully saturated rings. The highest BCUT2D eigenvalue weighted by atomic mass is 16.5. The molecule has 6 nitrogen and oxygen atoms in total. The Bertz CT molecular complexity index is 410. The fourth-order valence-electron chi connectivity index (χ4n) is 1.80. The van der Waals surface area contributed by atoms with E-state index in [9.17, 15) is 0 Å². The second kappa shape index (κ2) is 7.89. The molecule has 0 amide bonds. The van der Waals surface area contributed by atoms with Crippen LogP contribution in [0.1, 0.15) is 34.1 Å². The molecule has 114 valence electrons. The lowest BCUT2D eigenvalue weighted by Crippen LogP contribution is -2.33. The monoisotopic (exact) mass is 282 g/mol. The summed E-state index contributed by atoms with van der Waals surface area (Å²) in [7, 11) is 1.62. The van der Waals surface area contributed by atoms with Crippen LogP contribution in [0.25, 0.3) is 0 Å². The van der Waals surface area contributed by atoms with E-state index < -0.39 is 0 Å². The van der Waals surface area contributed by atoms with E-state index in [4.69, 9.17) is 9.47 Å². The zero-order valence-electron chi connectivity index (χ0n) is 13.1. The molecule has 0 aliphatic rings. The van der Waals surface area contributed by atoms with Crippen molar-refractivity contribution in [3.05, 3.63) is 6.33 Å². The van der Waals surface area contributed by atoms with E-state index in [1.807, 2.05) is 20.8 Å². The van der Waals surface area contributed by atoms with Crippen LogP contribution in [0.3, 0.4) is 0 Å². The van der Waals surface area contributed by atoms with Gasteiger partial charge in [0.25, 0.3) is 0 Å². The minimum absolute atomic E-state index is 0.262. The zero-order chi connectivity index (χ0) is 15.0. The van der Waals surface area contributed by atoms with E-state index in [0.717, 1.165) is 13.0 Å². The first-order valence-corrected chi connectivity index (χ1v) is 7.04. The number of rotatable bonds is 9. The Balaban J connectivity index is 2.79. The van der Waals surface area contributed by atoms with Gasteiger partial charge in [0.1, 0.15) is 6.33 Å². The van der Waals surface area contributed by atoms with Crippen molar-refractivity contribution in [1.29, 1.82) is 0 Å². The number of anilines is 2. The molecule has 0 radical (unpaired) electrons. The van der Waals surface area contributed by atoms with Crippen LogP contribution in [0, 0.1) is 0 Å². The van der Waals surface area contributed by atoms with Gasteiger partial charge in [-0.25, -0.2) is 9.97 Å². The average molecular weight is 282 g/mol. The predicted octanol–water partition coefficient (Wildman–Crippen LogP) is 2.53. The third-order valence-corrected chi connectivity index (χ3v) is 2.77. The van der Waals surface area contributed by atoms with Gasteiger partial charge in [0.15, 0.2) is 11.6 Å². The van der Waals surface area contributed by atoms with Gasteiger partial charge < -0.3 is 20.1 Å². The van der Waals surface area contributed by atoms with Crippen molar-refractivity contribution in [2.75, 3.05) is 37.4 Å². The van der Waals surface area contributed by atoms with Crippen molar-refractivity contribution in [1.82, 2.24) is 9.97 Å². The third-order valence-electron chi connectivity index (χ3n) is 2.77. The number of methoxy groups -OCH3 is 1. The normalized spacial score (nSPS) is 11.2. The molecule has 0 aliphatic heterocycles. The number of aromatic nitrogens is 2. The first-order chi connectivity index (χ1) is 9.54. The fraction of sp³-hybridized carbons (Fsp3) is 0.714. The van der Waals surface area contributed by atoms with Crippen LogP contribution in [-0.4, -0.2) is 42.4 Å². The van der Waals surface area contributed by atoms with Crippen LogP contribution in [0.2, 0.25) is 0 Å². The molecular weight excluding hydrogens is 256 g/mol. The third kappa shape index (κ3) is 4.85. The summed E-state index contributed by atoms with van der Waals surface area (Å²) in [6.45, 7) is 10.3. The van der Waals surface area contributed by atoms with Crippen molar-refractivity contribution in [3.63, 3.8) is 0 Å². The molecule has 0 aromatic carbocycles. The van der Waals surface area contributed by atoms with Gasteiger partial charge in [0.2, 0.25) is 5.75 Å². The molecule has 1 aromatic rings. The van der Waals surface area contributed by atoms with Crippen molar-refractivity contribution >= 4 is 11.6 Å². The zero-order valence-corrected chi connectivity index (χ0v) is 13.1. The predicted molar refractivity (Wildman–Crippen MR) is 81.6 cm³/mol. The highest BCUT2D eigenvalue weighted by molar-refractivity contribution is 5.63. The van der Waals surface area contributed by atoms with Crippen molar-refractivity contribution < 1.29 is 9.47 Å². The van der Waals surface area contributed by atoms with Gasteiger partial charge in [-0.3, -0.25) is 0 Å². The second-order valence-electron chi connectivity index (χ2n) is 5.08. The summed E-state index contributed by atoms with van der Waals surface area (Å²) in [6.07, 6.45) is 2.55. The van der Waals surface area contributed by atoms with Crippen LogP contribution in [0.5, 0.6) is 5.75 Å². The van der Waals surface area contributed by atoms with Crippen molar-refractivity contribution in [3.8, 4) is 5.75 Å². The van der Waals surface area contributed by atoms with Crippen LogP contribution in [-0.2, 0) is 4.74 Å². The molecule has 0 saturated carbocycles. The first-order valence-electron chi connectivity index (χ1n) is 7.04. The SMILES string of the molecule is CCCNc1ncnc(NCC(C)(C)OCC)c1OC. The topological polar surface area (TPSA) is 68.3 Å². The number of hydrogen-bond donors (Lipinski definition) is 2. The van der Waals surface area contributed by atoms with Gasteiger partial charge in [-0.05, 0) is 27.2 Å². The summed E-state index contributed by atoms with van der Waals surface area (Å²) in [5, 5.41) is 6.49. The Kier molecular flexibility index (Phi) is 6.51. The highest BCUT2D eigenvalue weighted by Gasteiger charge is 2.19. The summed E-state index contributed by atoms with van der Waals surface area (Å²) in [5.41, 5.74) is -0.262. The molecule has 0 spiro atoms. The first kappa shape index (κ1) is 16.5. The van der Waals surface area contributed by atoms with Crippen LogP contribution >= 0.6 is 0 Å². The minimum atomic E-state index is -0.262. The maximum atomic E-state index is 5.66. The Labute approximate surface area is 121 Å². The Morgan fingerprint density at radius 1 is 1.15 bits per heavy atom. The smallest absolute Gasteiger partial charge is 0.204 e. The van der Waals surface area contributed by atoms with E-state index in [2.05, 4.69) is 27.5 Å². The van der Waals surface area contributed by atoms with E-state index in [0.29, 0.717) is 30.5 Å². The average Bonchev–Trinajstić information content (AvgIpc) is 2.42. The fourth-order valence-corrected chi connectivity index (χ4v) is 1.80. The molecule has 0 atom stereocenters. The summed E-state index contributed by atoms with van der Waals surface area (Å²) in [6, 6.07) is 0. The highest BCUT2D eigenvalue weighted by Crippen LogP contribution is 2.29. The molecule has 1 rings (SSSR count). The molecule has 20 heavy (non-hydrogen) atoms. The van der Waals surface area contributed by atoms with E-state index >= 15 is 0 Å². The minimum Gasteiger partial charge on any atom is -0.490 e. The van der Waals surface area contributed by atoms with Crippen molar-refractivity contribution in [2.24, 2.45) is 0 Å². The van der Waals surface area contributed by atoms with Crippen molar-refractivity contribution in [2.45, 2.75) is 39.7 Å². The Morgan fingerprint density at radius 3 is 2.35 bits per heavy atom. The van der Waals surface area contributed by atoms with Gasteiger partial charge in [0.05, 0.1) is 12.7 Å². The van der Waals surface area contributed by atoms with E-state index in [-0.39, 0.29) is 5.60 Å². The number of nitrogens with one attached hydrogen (secondary N) is 2. The summed E-state index contributed by atoms with van der Waals surface area (Å²) in [5.74, 6) is 2.02. The van der Waals surface area contributed by atoms with Gasteiger partial charge in [-0.1, -0.05) is 6.92 Å².